The maximum Gasteiger partial charge on any atom is 0.408 e. The van der Waals surface area contributed by atoms with E-state index >= 15 is 0 Å². The highest BCUT2D eigenvalue weighted by molar-refractivity contribution is 8.09. The number of alkyl carbamates (subject to hydrolysis) is 1. The lowest BCUT2D eigenvalue weighted by molar-refractivity contribution is -0.133. The summed E-state index contributed by atoms with van der Waals surface area (Å²) in [6, 6.07) is 3.07. The molecule has 35 heavy (non-hydrogen) atoms. The van der Waals surface area contributed by atoms with Crippen molar-refractivity contribution < 1.29 is 40.6 Å². The SMILES string of the molecule is COc1ccc(CN2CCCC(S(C)(=O)=O)(S(C)(=O)=O)C(NC(=O)OC(C)(C)C)C2=O)c(OC)c1. The lowest BCUT2D eigenvalue weighted by Crippen LogP contribution is -2.65. The summed E-state index contributed by atoms with van der Waals surface area (Å²) in [5.74, 6) is 0.100. The molecule has 2 amide bonds. The van der Waals surface area contributed by atoms with Gasteiger partial charge >= 0.3 is 6.09 Å². The minimum Gasteiger partial charge on any atom is -0.497 e. The molecule has 198 valence electrons. The summed E-state index contributed by atoms with van der Waals surface area (Å²) in [4.78, 5) is 27.7. The zero-order valence-corrected chi connectivity index (χ0v) is 22.7. The molecule has 1 aromatic rings. The molecule has 1 fully saturated rings. The number of likely N-dealkylation sites (tertiary alicyclic amines) is 1. The van der Waals surface area contributed by atoms with Crippen molar-refractivity contribution in [1.29, 1.82) is 0 Å². The maximum atomic E-state index is 13.7. The van der Waals surface area contributed by atoms with Crippen molar-refractivity contribution in [2.45, 2.75) is 55.9 Å². The first-order valence-corrected chi connectivity index (χ1v) is 14.6. The second kappa shape index (κ2) is 10.2. The Kier molecular flexibility index (Phi) is 8.37. The van der Waals surface area contributed by atoms with Crippen molar-refractivity contribution in [3.05, 3.63) is 23.8 Å². The van der Waals surface area contributed by atoms with Gasteiger partial charge in [0.05, 0.1) is 14.2 Å². The van der Waals surface area contributed by atoms with Crippen LogP contribution in [0.3, 0.4) is 0 Å². The van der Waals surface area contributed by atoms with E-state index < -0.39 is 47.4 Å². The molecule has 11 nitrogen and oxygen atoms in total. The van der Waals surface area contributed by atoms with Gasteiger partial charge in [-0.1, -0.05) is 0 Å². The van der Waals surface area contributed by atoms with Gasteiger partial charge in [0.15, 0.2) is 19.7 Å². The zero-order valence-electron chi connectivity index (χ0n) is 21.1. The van der Waals surface area contributed by atoms with Gasteiger partial charge in [-0.05, 0) is 45.7 Å². The number of benzene rings is 1. The van der Waals surface area contributed by atoms with Crippen LogP contribution in [0.15, 0.2) is 18.2 Å². The average Bonchev–Trinajstić information content (AvgIpc) is 2.84. The summed E-state index contributed by atoms with van der Waals surface area (Å²) >= 11 is 0. The fourth-order valence-electron chi connectivity index (χ4n) is 4.16. The fraction of sp³-hybridized carbons (Fsp3) is 0.636. The summed E-state index contributed by atoms with van der Waals surface area (Å²) in [5, 5.41) is 2.27. The zero-order chi connectivity index (χ0) is 26.8. The number of carbonyl (C=O) groups excluding carboxylic acids is 2. The van der Waals surface area contributed by atoms with E-state index in [0.717, 1.165) is 12.5 Å². The molecule has 0 spiro atoms. The second-order valence-electron chi connectivity index (χ2n) is 9.48. The Labute approximate surface area is 206 Å². The number of amides is 2. The van der Waals surface area contributed by atoms with Gasteiger partial charge in [-0.3, -0.25) is 4.79 Å². The molecule has 1 aliphatic heterocycles. The monoisotopic (exact) mass is 534 g/mol. The number of nitrogens with one attached hydrogen (secondary N) is 1. The quantitative estimate of drug-likeness (QED) is 0.550. The van der Waals surface area contributed by atoms with Crippen LogP contribution in [0.5, 0.6) is 11.5 Å². The normalized spacial score (nSPS) is 19.0. The van der Waals surface area contributed by atoms with Crippen LogP contribution < -0.4 is 14.8 Å². The van der Waals surface area contributed by atoms with Crippen molar-refractivity contribution >= 4 is 31.7 Å². The van der Waals surface area contributed by atoms with Gasteiger partial charge < -0.3 is 24.4 Å². The Morgan fingerprint density at radius 2 is 1.71 bits per heavy atom. The Bertz CT molecular complexity index is 1140. The molecule has 0 saturated carbocycles. The largest absolute Gasteiger partial charge is 0.497 e. The van der Waals surface area contributed by atoms with Gasteiger partial charge in [0.1, 0.15) is 23.1 Å². The summed E-state index contributed by atoms with van der Waals surface area (Å²) < 4.78 is 65.2. The Balaban J connectivity index is 2.60. The first-order valence-electron chi connectivity index (χ1n) is 10.8. The van der Waals surface area contributed by atoms with E-state index in [4.69, 9.17) is 14.2 Å². The maximum absolute atomic E-state index is 13.7. The topological polar surface area (TPSA) is 145 Å². The van der Waals surface area contributed by atoms with Crippen molar-refractivity contribution in [3.63, 3.8) is 0 Å². The predicted molar refractivity (Wildman–Crippen MR) is 130 cm³/mol. The van der Waals surface area contributed by atoms with E-state index in [1.807, 2.05) is 0 Å². The number of carbonyl (C=O) groups is 2. The predicted octanol–water partition coefficient (Wildman–Crippen LogP) is 1.51. The molecule has 0 bridgehead atoms. The average molecular weight is 535 g/mol. The van der Waals surface area contributed by atoms with Crippen LogP contribution in [0.2, 0.25) is 0 Å². The van der Waals surface area contributed by atoms with E-state index in [1.165, 1.54) is 19.1 Å². The Morgan fingerprint density at radius 1 is 1.11 bits per heavy atom. The van der Waals surface area contributed by atoms with Crippen LogP contribution in [-0.2, 0) is 35.8 Å². The molecule has 0 aliphatic carbocycles. The first kappa shape index (κ1) is 28.7. The number of nitrogens with zero attached hydrogens (tertiary/aromatic N) is 1. The number of hydrogen-bond donors (Lipinski definition) is 1. The molecule has 1 N–H and O–H groups in total. The highest BCUT2D eigenvalue weighted by Gasteiger charge is 2.61. The van der Waals surface area contributed by atoms with Crippen molar-refractivity contribution in [2.24, 2.45) is 0 Å². The van der Waals surface area contributed by atoms with E-state index in [1.54, 1.807) is 39.0 Å². The van der Waals surface area contributed by atoms with Gasteiger partial charge in [-0.15, -0.1) is 0 Å². The van der Waals surface area contributed by atoms with E-state index in [-0.39, 0.29) is 25.9 Å². The molecule has 1 heterocycles. The van der Waals surface area contributed by atoms with Crippen LogP contribution in [0.4, 0.5) is 4.79 Å². The van der Waals surface area contributed by atoms with Crippen LogP contribution in [0, 0.1) is 0 Å². The molecule has 1 atom stereocenters. The van der Waals surface area contributed by atoms with E-state index in [2.05, 4.69) is 5.32 Å². The van der Waals surface area contributed by atoms with Gasteiger partial charge in [-0.25, -0.2) is 21.6 Å². The third-order valence-electron chi connectivity index (χ3n) is 5.72. The number of hydrogen-bond acceptors (Lipinski definition) is 9. The summed E-state index contributed by atoms with van der Waals surface area (Å²) in [5.41, 5.74) is -0.379. The first-order chi connectivity index (χ1) is 16.0. The van der Waals surface area contributed by atoms with Gasteiger partial charge in [0.2, 0.25) is 9.99 Å². The summed E-state index contributed by atoms with van der Waals surface area (Å²) in [6.45, 7) is 4.81. The van der Waals surface area contributed by atoms with Crippen LogP contribution >= 0.6 is 0 Å². The lowest BCUT2D eigenvalue weighted by atomic mass is 10.1. The van der Waals surface area contributed by atoms with Gasteiger partial charge in [0, 0.05) is 37.2 Å². The Morgan fingerprint density at radius 3 is 2.20 bits per heavy atom. The van der Waals surface area contributed by atoms with E-state index in [0.29, 0.717) is 17.1 Å². The molecule has 1 aromatic carbocycles. The van der Waals surface area contributed by atoms with Crippen LogP contribution in [0.1, 0.15) is 39.2 Å². The van der Waals surface area contributed by atoms with Crippen LogP contribution in [0.25, 0.3) is 0 Å². The van der Waals surface area contributed by atoms with Crippen molar-refractivity contribution in [2.75, 3.05) is 33.3 Å². The molecule has 13 heteroatoms. The molecule has 1 aliphatic rings. The lowest BCUT2D eigenvalue weighted by Gasteiger charge is -2.36. The molecule has 2 rings (SSSR count). The van der Waals surface area contributed by atoms with Crippen LogP contribution in [-0.4, -0.2) is 82.7 Å². The van der Waals surface area contributed by atoms with Gasteiger partial charge in [0.25, 0.3) is 0 Å². The molecule has 0 radical (unpaired) electrons. The molecule has 0 aromatic heterocycles. The highest BCUT2D eigenvalue weighted by atomic mass is 32.3. The molecular formula is C22H34N2O9S2. The minimum absolute atomic E-state index is 0.0118. The third kappa shape index (κ3) is 6.18. The number of sulfone groups is 2. The standard InChI is InChI=1S/C22H34N2O9S2/c1-21(2,3)33-20(26)23-18-19(25)24(14-15-9-10-16(31-4)13-17(15)32-5)12-8-11-22(18,34(6,27)28)35(7,29)30/h9-10,13,18H,8,11-12,14H2,1-7H3,(H,23,26). The second-order valence-corrected chi connectivity index (χ2v) is 14.3. The fourth-order valence-corrected chi connectivity index (χ4v) is 8.56. The highest BCUT2D eigenvalue weighted by Crippen LogP contribution is 2.37. The number of ether oxygens (including phenoxy) is 3. The molecular weight excluding hydrogens is 500 g/mol. The number of rotatable bonds is 7. The smallest absolute Gasteiger partial charge is 0.408 e. The Hall–Kier alpha value is -2.54. The minimum atomic E-state index is -4.41. The summed E-state index contributed by atoms with van der Waals surface area (Å²) in [7, 11) is -5.86. The molecule has 1 unspecified atom stereocenters. The summed E-state index contributed by atoms with van der Waals surface area (Å²) in [6.07, 6.45) is 0.0983. The van der Waals surface area contributed by atoms with Crippen molar-refractivity contribution in [3.8, 4) is 11.5 Å². The molecule has 1 saturated heterocycles. The third-order valence-corrected chi connectivity index (χ3v) is 10.9. The van der Waals surface area contributed by atoms with Gasteiger partial charge in [-0.2, -0.15) is 0 Å². The van der Waals surface area contributed by atoms with Crippen molar-refractivity contribution in [1.82, 2.24) is 10.2 Å². The number of methoxy groups -OCH3 is 2. The van der Waals surface area contributed by atoms with E-state index in [9.17, 15) is 26.4 Å².